The summed E-state index contributed by atoms with van der Waals surface area (Å²) in [6, 6.07) is 6.76. The number of hydrogen-bond acceptors (Lipinski definition) is 4. The number of nitriles is 1. The molecule has 0 spiro atoms. The van der Waals surface area contributed by atoms with Gasteiger partial charge in [0.05, 0.1) is 6.61 Å². The second-order valence-electron chi connectivity index (χ2n) is 5.47. The molecule has 0 aliphatic rings. The molecule has 0 fully saturated rings. The average Bonchev–Trinajstić information content (AvgIpc) is 3.03. The van der Waals surface area contributed by atoms with Crippen molar-refractivity contribution in [2.45, 2.75) is 18.9 Å². The number of amides is 2. The highest BCUT2D eigenvalue weighted by Crippen LogP contribution is 2.19. The van der Waals surface area contributed by atoms with Gasteiger partial charge in [-0.25, -0.2) is 4.79 Å². The Morgan fingerprint density at radius 1 is 1.48 bits per heavy atom. The second kappa shape index (κ2) is 8.55. The summed E-state index contributed by atoms with van der Waals surface area (Å²) >= 11 is 0. The van der Waals surface area contributed by atoms with Gasteiger partial charge in [-0.15, -0.1) is 6.58 Å². The summed E-state index contributed by atoms with van der Waals surface area (Å²) in [5.41, 5.74) is 1.80. The minimum Gasteiger partial charge on any atom is -0.449 e. The number of fused-ring (bicyclic) bond motifs is 1. The summed E-state index contributed by atoms with van der Waals surface area (Å²) < 4.78 is 5.00. The fourth-order valence-electron chi connectivity index (χ4n) is 2.42. The maximum Gasteiger partial charge on any atom is 0.407 e. The van der Waals surface area contributed by atoms with Crippen LogP contribution in [0.3, 0.4) is 0 Å². The molecule has 25 heavy (non-hydrogen) atoms. The predicted molar refractivity (Wildman–Crippen MR) is 93.5 cm³/mol. The maximum atomic E-state index is 12.4. The van der Waals surface area contributed by atoms with E-state index in [1.54, 1.807) is 18.5 Å². The van der Waals surface area contributed by atoms with Gasteiger partial charge in [-0.05, 0) is 18.1 Å². The van der Waals surface area contributed by atoms with Crippen LogP contribution in [-0.2, 0) is 16.0 Å². The molecule has 2 N–H and O–H groups in total. The number of nitrogens with zero attached hydrogens (tertiary/aromatic N) is 2. The van der Waals surface area contributed by atoms with Crippen LogP contribution < -0.4 is 5.32 Å². The van der Waals surface area contributed by atoms with Gasteiger partial charge in [0.1, 0.15) is 6.04 Å². The Labute approximate surface area is 145 Å². The molecule has 0 bridgehead atoms. The monoisotopic (exact) mass is 340 g/mol. The van der Waals surface area contributed by atoms with Crippen molar-refractivity contribution in [2.75, 3.05) is 13.7 Å². The van der Waals surface area contributed by atoms with Crippen molar-refractivity contribution in [3.05, 3.63) is 48.7 Å². The molecule has 7 heteroatoms. The van der Waals surface area contributed by atoms with Gasteiger partial charge in [0.25, 0.3) is 5.91 Å². The van der Waals surface area contributed by atoms with Gasteiger partial charge in [-0.3, -0.25) is 9.69 Å². The Morgan fingerprint density at radius 3 is 2.96 bits per heavy atom. The van der Waals surface area contributed by atoms with Crippen molar-refractivity contribution in [3.63, 3.8) is 0 Å². The van der Waals surface area contributed by atoms with E-state index in [1.165, 1.54) is 7.05 Å². The van der Waals surface area contributed by atoms with Crippen molar-refractivity contribution in [1.29, 1.82) is 5.26 Å². The third kappa shape index (κ3) is 4.61. The quantitative estimate of drug-likeness (QED) is 0.350. The number of carbonyl (C=O) groups is 2. The first-order valence-corrected chi connectivity index (χ1v) is 7.83. The fourth-order valence-corrected chi connectivity index (χ4v) is 2.42. The first kappa shape index (κ1) is 18.1. The van der Waals surface area contributed by atoms with Crippen LogP contribution in [0.1, 0.15) is 12.0 Å². The number of benzene rings is 1. The minimum absolute atomic E-state index is 0.178. The van der Waals surface area contributed by atoms with Gasteiger partial charge >= 0.3 is 6.09 Å². The normalized spacial score (nSPS) is 11.4. The van der Waals surface area contributed by atoms with Crippen LogP contribution in [0, 0.1) is 11.5 Å². The second-order valence-corrected chi connectivity index (χ2v) is 5.47. The molecule has 2 amide bonds. The highest BCUT2D eigenvalue weighted by Gasteiger charge is 2.26. The molecule has 1 aromatic heterocycles. The maximum absolute atomic E-state index is 12.4. The average molecular weight is 340 g/mol. The van der Waals surface area contributed by atoms with E-state index in [2.05, 4.69) is 16.9 Å². The van der Waals surface area contributed by atoms with Crippen LogP contribution in [0.25, 0.3) is 10.9 Å². The molecule has 0 saturated heterocycles. The molecule has 7 nitrogen and oxygen atoms in total. The van der Waals surface area contributed by atoms with Crippen molar-refractivity contribution in [1.82, 2.24) is 15.2 Å². The number of nitrogens with one attached hydrogen (secondary N) is 2. The summed E-state index contributed by atoms with van der Waals surface area (Å²) in [5, 5.41) is 12.5. The number of carbonyl (C=O) groups excluding carboxylic acids is 2. The topological polar surface area (TPSA) is 98.2 Å². The Balaban J connectivity index is 2.16. The first-order chi connectivity index (χ1) is 12.1. The molecule has 1 unspecified atom stereocenters. The summed E-state index contributed by atoms with van der Waals surface area (Å²) in [4.78, 5) is 28.3. The van der Waals surface area contributed by atoms with Crippen LogP contribution in [0.4, 0.5) is 4.79 Å². The summed E-state index contributed by atoms with van der Waals surface area (Å²) in [5.74, 6) is -0.506. The van der Waals surface area contributed by atoms with Crippen LogP contribution in [0.5, 0.6) is 0 Å². The number of ether oxygens (including phenoxy) is 1. The van der Waals surface area contributed by atoms with Gasteiger partial charge in [-0.1, -0.05) is 24.3 Å². The molecule has 130 valence electrons. The molecule has 2 rings (SSSR count). The third-order valence-electron chi connectivity index (χ3n) is 3.72. The van der Waals surface area contributed by atoms with Crippen molar-refractivity contribution >= 4 is 22.9 Å². The Morgan fingerprint density at radius 2 is 2.24 bits per heavy atom. The molecule has 0 saturated carbocycles. The van der Waals surface area contributed by atoms with Gasteiger partial charge < -0.3 is 15.0 Å². The number of aromatic amines is 1. The lowest BCUT2D eigenvalue weighted by molar-refractivity contribution is -0.129. The van der Waals surface area contributed by atoms with E-state index >= 15 is 0 Å². The molecule has 0 aliphatic carbocycles. The minimum atomic E-state index is -0.903. The molecule has 2 aromatic rings. The van der Waals surface area contributed by atoms with Gasteiger partial charge in [-0.2, -0.15) is 5.26 Å². The molecular weight excluding hydrogens is 320 g/mol. The number of likely N-dealkylation sites (N-methyl/N-ethyl adjacent to an activating group) is 1. The standard InChI is InChI=1S/C18H20N4O3/c1-3-4-9-25-18(24)21-16(17(23)22(2)12-19)10-13-11-20-15-8-6-5-7-14(13)15/h3,5-8,11,16,20H,1,4,9-10H2,2H3,(H,21,24). The highest BCUT2D eigenvalue weighted by molar-refractivity contribution is 5.88. The smallest absolute Gasteiger partial charge is 0.407 e. The largest absolute Gasteiger partial charge is 0.449 e. The Kier molecular flexibility index (Phi) is 6.18. The summed E-state index contributed by atoms with van der Waals surface area (Å²) in [6.45, 7) is 3.73. The van der Waals surface area contributed by atoms with Crippen molar-refractivity contribution in [3.8, 4) is 6.19 Å². The SMILES string of the molecule is C=CCCOC(=O)NC(Cc1c[nH]c2ccccc12)C(=O)N(C)C#N. The van der Waals surface area contributed by atoms with Crippen LogP contribution >= 0.6 is 0 Å². The van der Waals surface area contributed by atoms with E-state index in [0.29, 0.717) is 6.42 Å². The number of aromatic nitrogens is 1. The lowest BCUT2D eigenvalue weighted by atomic mass is 10.0. The zero-order valence-corrected chi connectivity index (χ0v) is 14.0. The van der Waals surface area contributed by atoms with Crippen LogP contribution in [-0.4, -0.2) is 41.6 Å². The van der Waals surface area contributed by atoms with Crippen molar-refractivity contribution in [2.24, 2.45) is 0 Å². The van der Waals surface area contributed by atoms with Gasteiger partial charge in [0, 0.05) is 30.6 Å². The number of rotatable bonds is 7. The van der Waals surface area contributed by atoms with Crippen LogP contribution in [0.15, 0.2) is 43.1 Å². The predicted octanol–water partition coefficient (Wildman–Crippen LogP) is 2.32. The van der Waals surface area contributed by atoms with E-state index in [4.69, 9.17) is 10.00 Å². The summed E-state index contributed by atoms with van der Waals surface area (Å²) in [7, 11) is 1.36. The fraction of sp³-hybridized carbons (Fsp3) is 0.278. The Bertz CT molecular complexity index is 806. The molecule has 0 radical (unpaired) electrons. The lowest BCUT2D eigenvalue weighted by Crippen LogP contribution is -2.47. The first-order valence-electron chi connectivity index (χ1n) is 7.83. The van der Waals surface area contributed by atoms with Crippen molar-refractivity contribution < 1.29 is 14.3 Å². The molecule has 0 aliphatic heterocycles. The molecule has 1 atom stereocenters. The highest BCUT2D eigenvalue weighted by atomic mass is 16.5. The number of H-pyrrole nitrogens is 1. The third-order valence-corrected chi connectivity index (χ3v) is 3.72. The van der Waals surface area contributed by atoms with E-state index in [9.17, 15) is 9.59 Å². The number of alkyl carbamates (subject to hydrolysis) is 1. The Hall–Kier alpha value is -3.27. The van der Waals surface area contributed by atoms with Crippen LogP contribution in [0.2, 0.25) is 0 Å². The molecule has 1 heterocycles. The summed E-state index contributed by atoms with van der Waals surface area (Å²) in [6.07, 6.45) is 5.24. The van der Waals surface area contributed by atoms with E-state index < -0.39 is 18.0 Å². The lowest BCUT2D eigenvalue weighted by Gasteiger charge is -2.19. The van der Waals surface area contributed by atoms with Gasteiger partial charge in [0.15, 0.2) is 6.19 Å². The molecular formula is C18H20N4O3. The zero-order valence-electron chi connectivity index (χ0n) is 14.0. The number of para-hydroxylation sites is 1. The van der Waals surface area contributed by atoms with Gasteiger partial charge in [0.2, 0.25) is 0 Å². The van der Waals surface area contributed by atoms with E-state index in [0.717, 1.165) is 21.4 Å². The zero-order chi connectivity index (χ0) is 18.2. The molecule has 1 aromatic carbocycles. The number of hydrogen-bond donors (Lipinski definition) is 2. The van der Waals surface area contributed by atoms with E-state index in [1.807, 2.05) is 24.3 Å². The van der Waals surface area contributed by atoms with E-state index in [-0.39, 0.29) is 13.0 Å².